The van der Waals surface area contributed by atoms with Crippen molar-refractivity contribution in [2.24, 2.45) is 17.8 Å². The monoisotopic (exact) mass is 506 g/mol. The zero-order valence-electron chi connectivity index (χ0n) is 19.7. The maximum absolute atomic E-state index is 14.3. The van der Waals surface area contributed by atoms with Crippen LogP contribution in [0.5, 0.6) is 0 Å². The normalized spacial score (nSPS) is 25.8. The minimum absolute atomic E-state index is 0. The quantitative estimate of drug-likeness (QED) is 0.212. The summed E-state index contributed by atoms with van der Waals surface area (Å²) in [6.45, 7) is 5.74. The minimum atomic E-state index is -0.654. The van der Waals surface area contributed by atoms with Crippen molar-refractivity contribution in [1.82, 2.24) is 0 Å². The summed E-state index contributed by atoms with van der Waals surface area (Å²) in [6.07, 6.45) is 24.0. The fraction of sp³-hybridized carbons (Fsp3) is 0.643. The van der Waals surface area contributed by atoms with Crippen molar-refractivity contribution in [1.29, 1.82) is 0 Å². The zero-order valence-corrected chi connectivity index (χ0v) is 22.6. The molecule has 31 heavy (non-hydrogen) atoms. The third-order valence-electron chi connectivity index (χ3n) is 7.04. The fourth-order valence-electron chi connectivity index (χ4n) is 5.14. The summed E-state index contributed by atoms with van der Waals surface area (Å²) < 4.78 is 28.2. The maximum Gasteiger partial charge on any atom is 0.162 e. The van der Waals surface area contributed by atoms with Gasteiger partial charge in [0.2, 0.25) is 0 Å². The van der Waals surface area contributed by atoms with Crippen molar-refractivity contribution < 1.29 is 44.3 Å². The zero-order chi connectivity index (χ0) is 21.9. The predicted octanol–water partition coefficient (Wildman–Crippen LogP) is 9.19. The summed E-state index contributed by atoms with van der Waals surface area (Å²) in [5.74, 6) is 3.57. The summed E-state index contributed by atoms with van der Waals surface area (Å²) in [5.41, 5.74) is 1.01. The van der Waals surface area contributed by atoms with Crippen molar-refractivity contribution in [2.75, 3.05) is 0 Å². The maximum atomic E-state index is 14.3. The molecule has 1 aromatic rings. The van der Waals surface area contributed by atoms with Gasteiger partial charge in [0.05, 0.1) is 0 Å². The molecule has 2 aliphatic carbocycles. The molecule has 3 heteroatoms. The van der Waals surface area contributed by atoms with Gasteiger partial charge in [-0.2, -0.15) is 0 Å². The summed E-state index contributed by atoms with van der Waals surface area (Å²) in [7, 11) is 0. The van der Waals surface area contributed by atoms with Crippen molar-refractivity contribution in [3.05, 3.63) is 53.5 Å². The van der Waals surface area contributed by atoms with Gasteiger partial charge in [0, 0.05) is 35.6 Å². The van der Waals surface area contributed by atoms with Gasteiger partial charge in [-0.05, 0) is 106 Å². The predicted molar refractivity (Wildman–Crippen MR) is 127 cm³/mol. The second-order valence-electron chi connectivity index (χ2n) is 9.13. The van der Waals surface area contributed by atoms with E-state index in [4.69, 9.17) is 6.42 Å². The van der Waals surface area contributed by atoms with Crippen LogP contribution in [0.1, 0.15) is 104 Å². The van der Waals surface area contributed by atoms with Gasteiger partial charge in [0.25, 0.3) is 0 Å². The Kier molecular flexibility index (Phi) is 14.1. The number of hydrogen-bond donors (Lipinski definition) is 0. The topological polar surface area (TPSA) is 0 Å². The van der Waals surface area contributed by atoms with Crippen LogP contribution in [0, 0.1) is 48.7 Å². The van der Waals surface area contributed by atoms with Gasteiger partial charge < -0.3 is 12.3 Å². The van der Waals surface area contributed by atoms with Crippen LogP contribution < -0.4 is 0 Å². The number of hydrogen-bond acceptors (Lipinski definition) is 0. The molecule has 0 spiro atoms. The van der Waals surface area contributed by atoms with Crippen LogP contribution >= 0.6 is 0 Å². The van der Waals surface area contributed by atoms with E-state index in [-0.39, 0.29) is 41.5 Å². The van der Waals surface area contributed by atoms with Crippen molar-refractivity contribution in [3.63, 3.8) is 0 Å². The minimum Gasteiger partial charge on any atom is -0.694 e. The molecular formula is C28H43F2Y-. The molecule has 0 aliphatic heterocycles. The third-order valence-corrected chi connectivity index (χ3v) is 7.04. The van der Waals surface area contributed by atoms with E-state index in [1.54, 1.807) is 13.0 Å². The number of rotatable bonds is 5. The largest absolute Gasteiger partial charge is 0.694 e. The first-order valence-corrected chi connectivity index (χ1v) is 12.0. The molecule has 2 saturated carbocycles. The van der Waals surface area contributed by atoms with Crippen molar-refractivity contribution >= 4 is 0 Å². The van der Waals surface area contributed by atoms with Crippen LogP contribution in [0.4, 0.5) is 8.78 Å². The van der Waals surface area contributed by atoms with Crippen molar-refractivity contribution in [2.45, 2.75) is 97.3 Å². The second kappa shape index (κ2) is 15.3. The first-order valence-electron chi connectivity index (χ1n) is 12.0. The molecule has 0 atom stereocenters. The van der Waals surface area contributed by atoms with Crippen LogP contribution in [0.15, 0.2) is 24.3 Å². The van der Waals surface area contributed by atoms with E-state index < -0.39 is 11.6 Å². The van der Waals surface area contributed by atoms with E-state index in [0.717, 1.165) is 37.0 Å². The average Bonchev–Trinajstić information content (AvgIpc) is 2.79. The molecular weight excluding hydrogens is 463 g/mol. The first-order chi connectivity index (χ1) is 14.5. The summed E-state index contributed by atoms with van der Waals surface area (Å²) in [5, 5.41) is 0. The average molecular weight is 507 g/mol. The van der Waals surface area contributed by atoms with Crippen LogP contribution in [-0.2, 0) is 32.7 Å². The van der Waals surface area contributed by atoms with Gasteiger partial charge in [-0.1, -0.05) is 44.6 Å². The molecule has 3 rings (SSSR count). The van der Waals surface area contributed by atoms with Gasteiger partial charge in [0.15, 0.2) is 11.6 Å². The summed E-state index contributed by atoms with van der Waals surface area (Å²) >= 11 is 0. The number of allylic oxidation sites excluding steroid dienone is 2. The second-order valence-corrected chi connectivity index (χ2v) is 9.13. The molecule has 0 heterocycles. The van der Waals surface area contributed by atoms with Crippen LogP contribution in [-0.4, -0.2) is 0 Å². The molecule has 0 aromatic heterocycles. The van der Waals surface area contributed by atoms with E-state index in [2.05, 4.69) is 25.0 Å². The Morgan fingerprint density at radius 1 is 0.968 bits per heavy atom. The van der Waals surface area contributed by atoms with Crippen molar-refractivity contribution in [3.8, 4) is 5.92 Å². The molecule has 1 aromatic carbocycles. The van der Waals surface area contributed by atoms with Crippen LogP contribution in [0.2, 0.25) is 0 Å². The molecule has 0 unspecified atom stereocenters. The van der Waals surface area contributed by atoms with Gasteiger partial charge in [-0.3, -0.25) is 0 Å². The summed E-state index contributed by atoms with van der Waals surface area (Å²) in [6, 6.07) is 3.54. The molecule has 1 radical (unpaired) electrons. The Bertz CT molecular complexity index is 713. The van der Waals surface area contributed by atoms with Gasteiger partial charge in [-0.25, -0.2) is 8.78 Å². The Hall–Kier alpha value is -0.516. The molecule has 2 fully saturated rings. The van der Waals surface area contributed by atoms with Gasteiger partial charge in [0.1, 0.15) is 0 Å². The Labute approximate surface area is 217 Å². The van der Waals surface area contributed by atoms with E-state index in [1.807, 2.05) is 13.0 Å². The smallest absolute Gasteiger partial charge is 0.162 e. The van der Waals surface area contributed by atoms with E-state index in [1.165, 1.54) is 51.4 Å². The third kappa shape index (κ3) is 8.74. The van der Waals surface area contributed by atoms with Gasteiger partial charge >= 0.3 is 0 Å². The standard InChI is InChI=1S/C24H34F2.C4H5.Y.2H2/c1-3-4-5-6-18-8-10-19(11-9-18)20-12-14-21(15-13-20)22-16-7-17(2)23(25)24(22)26;1-3-4-2;;;/h5-7,16,18-21H,3-4,8-15H2,1-2H3;3H2,1H3;;2*1H/q;-1;;;/b6-5+;;;;. The van der Waals surface area contributed by atoms with Crippen LogP contribution in [0.25, 0.3) is 0 Å². The SMILES string of the molecule is CCC/C=C/C1CCC(C2CCC(c3ccc(C)c(F)c3F)CC2)CC1.[C-]#CCC.[HH].[HH].[Y]. The van der Waals surface area contributed by atoms with E-state index in [0.29, 0.717) is 11.1 Å². The summed E-state index contributed by atoms with van der Waals surface area (Å²) in [4.78, 5) is 0. The number of halogens is 2. The number of unbranched alkanes of at least 4 members (excludes halogenated alkanes) is 1. The molecule has 0 nitrogen and oxygen atoms in total. The molecule has 0 saturated heterocycles. The van der Waals surface area contributed by atoms with Gasteiger partial charge in [-0.15, -0.1) is 0 Å². The van der Waals surface area contributed by atoms with E-state index >= 15 is 0 Å². The number of benzene rings is 1. The Morgan fingerprint density at radius 2 is 1.52 bits per heavy atom. The van der Waals surface area contributed by atoms with E-state index in [9.17, 15) is 8.78 Å². The number of aryl methyl sites for hydroxylation is 1. The molecule has 173 valence electrons. The Morgan fingerprint density at radius 3 is 2.03 bits per heavy atom. The molecule has 0 N–H and O–H groups in total. The van der Waals surface area contributed by atoms with Crippen LogP contribution in [0.3, 0.4) is 0 Å². The molecule has 0 amide bonds. The fourth-order valence-corrected chi connectivity index (χ4v) is 5.14. The Balaban J connectivity index is 0. The molecule has 2 aliphatic rings. The first kappa shape index (κ1) is 28.5. The molecule has 0 bridgehead atoms.